The van der Waals surface area contributed by atoms with E-state index in [-0.39, 0.29) is 45.4 Å². The van der Waals surface area contributed by atoms with E-state index >= 15 is 0 Å². The van der Waals surface area contributed by atoms with Crippen LogP contribution in [0, 0.1) is 0 Å². The number of carbonyl (C=O) groups is 4. The van der Waals surface area contributed by atoms with Gasteiger partial charge in [0.15, 0.2) is 6.10 Å². The standard InChI is InChI=1S/C45H82NO11P/c1-3-5-7-9-11-13-15-17-19-21-23-25-27-29-31-33-44(50)54-39-41(40-56-58(52,53)55-38-37-46-42(47)35-36-43(48)49)57-45(51)34-32-30-28-26-24-22-20-18-16-14-12-10-8-6-4-2/h17-20,41H,3-16,21-40H2,1-2H3,(H,46,47)(H,48,49)(H,52,53)/b19-17+,20-18+/t41-/m1/s1. The Kier molecular flexibility index (Phi) is 39.4. The van der Waals surface area contributed by atoms with Crippen LogP contribution in [0.4, 0.5) is 0 Å². The van der Waals surface area contributed by atoms with Crippen LogP contribution in [0.5, 0.6) is 0 Å². The predicted molar refractivity (Wildman–Crippen MR) is 231 cm³/mol. The molecular weight excluding hydrogens is 761 g/mol. The van der Waals surface area contributed by atoms with Crippen molar-refractivity contribution in [3.8, 4) is 0 Å². The Morgan fingerprint density at radius 2 is 0.983 bits per heavy atom. The quantitative estimate of drug-likeness (QED) is 0.0230. The third kappa shape index (κ3) is 41.6. The van der Waals surface area contributed by atoms with Gasteiger partial charge in [-0.05, 0) is 64.2 Å². The summed E-state index contributed by atoms with van der Waals surface area (Å²) in [6, 6.07) is 0. The molecule has 0 bridgehead atoms. The number of esters is 2. The zero-order chi connectivity index (χ0) is 42.8. The Balaban J connectivity index is 4.52. The van der Waals surface area contributed by atoms with Gasteiger partial charge < -0.3 is 24.8 Å². The number of unbranched alkanes of at least 4 members (excludes halogenated alkanes) is 22. The van der Waals surface area contributed by atoms with E-state index in [1.165, 1.54) is 77.0 Å². The maximum absolute atomic E-state index is 12.7. The third-order valence-electron chi connectivity index (χ3n) is 9.68. The van der Waals surface area contributed by atoms with Gasteiger partial charge in [-0.3, -0.25) is 28.2 Å². The second kappa shape index (κ2) is 41.2. The molecule has 1 amide bonds. The Bertz CT molecular complexity index is 1130. The summed E-state index contributed by atoms with van der Waals surface area (Å²) >= 11 is 0. The third-order valence-corrected chi connectivity index (χ3v) is 10.7. The maximum Gasteiger partial charge on any atom is 0.472 e. The van der Waals surface area contributed by atoms with Gasteiger partial charge in [-0.25, -0.2) is 4.57 Å². The number of hydrogen-bond donors (Lipinski definition) is 3. The molecule has 338 valence electrons. The predicted octanol–water partition coefficient (Wildman–Crippen LogP) is 11.6. The summed E-state index contributed by atoms with van der Waals surface area (Å²) in [5, 5.41) is 11.1. The number of carbonyl (C=O) groups excluding carboxylic acids is 3. The molecule has 0 fully saturated rings. The first-order valence-corrected chi connectivity index (χ1v) is 24.3. The lowest BCUT2D eigenvalue weighted by Gasteiger charge is -2.20. The number of phosphoric acid groups is 1. The zero-order valence-corrected chi connectivity index (χ0v) is 37.3. The molecule has 13 heteroatoms. The molecule has 0 saturated carbocycles. The highest BCUT2D eigenvalue weighted by molar-refractivity contribution is 7.47. The van der Waals surface area contributed by atoms with E-state index in [1.54, 1.807) is 0 Å². The van der Waals surface area contributed by atoms with Crippen LogP contribution >= 0.6 is 7.82 Å². The van der Waals surface area contributed by atoms with Gasteiger partial charge in [0.05, 0.1) is 19.6 Å². The van der Waals surface area contributed by atoms with Crippen molar-refractivity contribution >= 4 is 31.6 Å². The van der Waals surface area contributed by atoms with Gasteiger partial charge in [-0.15, -0.1) is 0 Å². The number of carboxylic acids is 1. The molecule has 2 atom stereocenters. The molecule has 0 heterocycles. The van der Waals surface area contributed by atoms with E-state index < -0.39 is 44.3 Å². The summed E-state index contributed by atoms with van der Waals surface area (Å²) in [5.74, 6) is -2.62. The second-order valence-electron chi connectivity index (χ2n) is 15.3. The van der Waals surface area contributed by atoms with Gasteiger partial charge in [-0.2, -0.15) is 0 Å². The number of rotatable bonds is 43. The number of ether oxygens (including phenoxy) is 2. The van der Waals surface area contributed by atoms with E-state index in [0.29, 0.717) is 12.8 Å². The number of nitrogens with one attached hydrogen (secondary N) is 1. The molecule has 0 aromatic heterocycles. The lowest BCUT2D eigenvalue weighted by Crippen LogP contribution is -2.30. The highest BCUT2D eigenvalue weighted by Crippen LogP contribution is 2.43. The van der Waals surface area contributed by atoms with Gasteiger partial charge in [0.25, 0.3) is 0 Å². The monoisotopic (exact) mass is 844 g/mol. The largest absolute Gasteiger partial charge is 0.481 e. The zero-order valence-electron chi connectivity index (χ0n) is 36.4. The molecule has 0 rings (SSSR count). The van der Waals surface area contributed by atoms with Crippen LogP contribution < -0.4 is 5.32 Å². The fourth-order valence-electron chi connectivity index (χ4n) is 6.17. The van der Waals surface area contributed by atoms with Crippen LogP contribution in [0.25, 0.3) is 0 Å². The topological polar surface area (TPSA) is 175 Å². The van der Waals surface area contributed by atoms with Crippen LogP contribution in [0.15, 0.2) is 24.3 Å². The first kappa shape index (κ1) is 55.5. The number of allylic oxidation sites excluding steroid dienone is 4. The molecule has 58 heavy (non-hydrogen) atoms. The average molecular weight is 844 g/mol. The molecule has 0 saturated heterocycles. The minimum absolute atomic E-state index is 0.144. The van der Waals surface area contributed by atoms with Crippen molar-refractivity contribution in [1.29, 1.82) is 0 Å². The summed E-state index contributed by atoms with van der Waals surface area (Å²) in [6.45, 7) is 3.07. The van der Waals surface area contributed by atoms with Crippen molar-refractivity contribution in [2.45, 2.75) is 213 Å². The van der Waals surface area contributed by atoms with Gasteiger partial charge in [0, 0.05) is 25.8 Å². The smallest absolute Gasteiger partial charge is 0.472 e. The van der Waals surface area contributed by atoms with Gasteiger partial charge >= 0.3 is 25.7 Å². The van der Waals surface area contributed by atoms with Crippen molar-refractivity contribution in [3.63, 3.8) is 0 Å². The van der Waals surface area contributed by atoms with E-state index in [9.17, 15) is 28.6 Å². The number of aliphatic carboxylic acids is 1. The van der Waals surface area contributed by atoms with Crippen LogP contribution in [0.3, 0.4) is 0 Å². The first-order valence-electron chi connectivity index (χ1n) is 22.8. The summed E-state index contributed by atoms with van der Waals surface area (Å²) < 4.78 is 33.3. The molecule has 0 aliphatic rings. The number of hydrogen-bond acceptors (Lipinski definition) is 9. The van der Waals surface area contributed by atoms with Crippen LogP contribution in [-0.4, -0.2) is 66.3 Å². The number of amides is 1. The molecule has 1 unspecified atom stereocenters. The minimum Gasteiger partial charge on any atom is -0.481 e. The van der Waals surface area contributed by atoms with Crippen molar-refractivity contribution in [2.75, 3.05) is 26.4 Å². The van der Waals surface area contributed by atoms with Crippen molar-refractivity contribution < 1.29 is 52.3 Å². The van der Waals surface area contributed by atoms with E-state index in [2.05, 4.69) is 43.5 Å². The average Bonchev–Trinajstić information content (AvgIpc) is 3.19. The first-order chi connectivity index (χ1) is 28.1. The van der Waals surface area contributed by atoms with Crippen LogP contribution in [0.2, 0.25) is 0 Å². The highest BCUT2D eigenvalue weighted by Gasteiger charge is 2.26. The number of carboxylic acid groups (broad SMARTS) is 1. The van der Waals surface area contributed by atoms with E-state index in [1.807, 2.05) is 0 Å². The summed E-state index contributed by atoms with van der Waals surface area (Å²) in [4.78, 5) is 57.6. The summed E-state index contributed by atoms with van der Waals surface area (Å²) in [7, 11) is -4.61. The highest BCUT2D eigenvalue weighted by atomic mass is 31.2. The fourth-order valence-corrected chi connectivity index (χ4v) is 6.93. The SMILES string of the molecule is CCCCCCCC/C=C/CCCCCCCC(=O)OC[C@H](COP(=O)(O)OCCNC(=O)CCC(=O)O)OC(=O)CCCCCCC/C=C/CCCCCCCC. The van der Waals surface area contributed by atoms with Crippen molar-refractivity contribution in [3.05, 3.63) is 24.3 Å². The van der Waals surface area contributed by atoms with Crippen molar-refractivity contribution in [1.82, 2.24) is 5.32 Å². The van der Waals surface area contributed by atoms with E-state index in [0.717, 1.165) is 77.0 Å². The van der Waals surface area contributed by atoms with Crippen molar-refractivity contribution in [2.24, 2.45) is 0 Å². The Morgan fingerprint density at radius 1 is 0.552 bits per heavy atom. The van der Waals surface area contributed by atoms with E-state index in [4.69, 9.17) is 23.6 Å². The van der Waals surface area contributed by atoms with Gasteiger partial charge in [0.1, 0.15) is 6.61 Å². The lowest BCUT2D eigenvalue weighted by atomic mass is 10.1. The molecule has 0 aromatic rings. The second-order valence-corrected chi connectivity index (χ2v) is 16.8. The summed E-state index contributed by atoms with van der Waals surface area (Å²) in [5.41, 5.74) is 0. The van der Waals surface area contributed by atoms with Gasteiger partial charge in [0.2, 0.25) is 5.91 Å². The molecule has 3 N–H and O–H groups in total. The molecular formula is C45H82NO11P. The molecule has 0 aliphatic heterocycles. The number of phosphoric ester groups is 1. The maximum atomic E-state index is 12.7. The Hall–Kier alpha value is -2.53. The summed E-state index contributed by atoms with van der Waals surface area (Å²) in [6.07, 6.45) is 37.5. The molecule has 0 spiro atoms. The van der Waals surface area contributed by atoms with Crippen LogP contribution in [-0.2, 0) is 42.3 Å². The minimum atomic E-state index is -4.61. The lowest BCUT2D eigenvalue weighted by molar-refractivity contribution is -0.161. The van der Waals surface area contributed by atoms with Gasteiger partial charge in [-0.1, -0.05) is 141 Å². The Labute approximate surface area is 351 Å². The molecule has 12 nitrogen and oxygen atoms in total. The Morgan fingerprint density at radius 3 is 1.45 bits per heavy atom. The fraction of sp³-hybridized carbons (Fsp3) is 0.822. The molecule has 0 aliphatic carbocycles. The van der Waals surface area contributed by atoms with Crippen LogP contribution in [0.1, 0.15) is 206 Å². The normalized spacial score (nSPS) is 13.2. The molecule has 0 aromatic carbocycles. The molecule has 0 radical (unpaired) electrons.